The summed E-state index contributed by atoms with van der Waals surface area (Å²) >= 11 is 9.30. The van der Waals surface area contributed by atoms with Crippen LogP contribution in [0.15, 0.2) is 34.9 Å². The van der Waals surface area contributed by atoms with E-state index in [1.807, 2.05) is 0 Å². The largest absolute Gasteiger partial charge is 0.464 e. The number of esters is 1. The summed E-state index contributed by atoms with van der Waals surface area (Å²) in [6.45, 7) is 0. The van der Waals surface area contributed by atoms with Crippen LogP contribution in [-0.2, 0) is 4.74 Å². The Hall–Kier alpha value is -1.86. The SMILES string of the molecule is COC(=O)c1cc(Br)cn1-c1ccc([N+](=O)[O-])cc1Cl. The minimum absolute atomic E-state index is 0.121. The van der Waals surface area contributed by atoms with E-state index in [0.717, 1.165) is 0 Å². The molecule has 2 aromatic rings. The molecule has 2 rings (SSSR count). The van der Waals surface area contributed by atoms with Gasteiger partial charge in [0.25, 0.3) is 5.69 Å². The van der Waals surface area contributed by atoms with Crippen LogP contribution >= 0.6 is 27.5 Å². The lowest BCUT2D eigenvalue weighted by Crippen LogP contribution is -2.08. The number of aromatic nitrogens is 1. The Morgan fingerprint density at radius 1 is 1.45 bits per heavy atom. The fraction of sp³-hybridized carbons (Fsp3) is 0.0833. The number of rotatable bonds is 3. The topological polar surface area (TPSA) is 74.4 Å². The molecule has 6 nitrogen and oxygen atoms in total. The highest BCUT2D eigenvalue weighted by Gasteiger charge is 2.18. The zero-order valence-electron chi connectivity index (χ0n) is 10.2. The first-order chi connectivity index (χ1) is 9.43. The summed E-state index contributed by atoms with van der Waals surface area (Å²) < 4.78 is 6.84. The van der Waals surface area contributed by atoms with E-state index in [9.17, 15) is 14.9 Å². The molecule has 0 aliphatic rings. The van der Waals surface area contributed by atoms with Crippen LogP contribution in [0.3, 0.4) is 0 Å². The molecule has 0 fully saturated rings. The van der Waals surface area contributed by atoms with Crippen molar-refractivity contribution in [1.29, 1.82) is 0 Å². The minimum atomic E-state index is -0.539. The summed E-state index contributed by atoms with van der Waals surface area (Å²) in [5, 5.41) is 10.8. The lowest BCUT2D eigenvalue weighted by molar-refractivity contribution is -0.384. The third-order valence-corrected chi connectivity index (χ3v) is 3.32. The second-order valence-corrected chi connectivity index (χ2v) is 5.12. The third-order valence-electron chi connectivity index (χ3n) is 2.58. The number of carbonyl (C=O) groups excluding carboxylic acids is 1. The molecular formula is C12H8BrClN2O4. The molecule has 0 radical (unpaired) electrons. The molecule has 104 valence electrons. The van der Waals surface area contributed by atoms with Gasteiger partial charge in [0, 0.05) is 22.8 Å². The van der Waals surface area contributed by atoms with Crippen molar-refractivity contribution in [1.82, 2.24) is 4.57 Å². The highest BCUT2D eigenvalue weighted by atomic mass is 79.9. The Kier molecular flexibility index (Phi) is 4.10. The number of nitro benzene ring substituents is 1. The molecule has 8 heteroatoms. The van der Waals surface area contributed by atoms with Gasteiger partial charge in [0.2, 0.25) is 0 Å². The van der Waals surface area contributed by atoms with Crippen LogP contribution in [-0.4, -0.2) is 22.6 Å². The van der Waals surface area contributed by atoms with Gasteiger partial charge in [-0.05, 0) is 28.1 Å². The molecule has 0 saturated heterocycles. The highest BCUT2D eigenvalue weighted by molar-refractivity contribution is 9.10. The van der Waals surface area contributed by atoms with E-state index < -0.39 is 10.9 Å². The number of methoxy groups -OCH3 is 1. The third kappa shape index (κ3) is 2.68. The fourth-order valence-electron chi connectivity index (χ4n) is 1.70. The Balaban J connectivity index is 2.57. The Morgan fingerprint density at radius 3 is 2.70 bits per heavy atom. The van der Waals surface area contributed by atoms with Crippen molar-refractivity contribution in [3.05, 3.63) is 55.8 Å². The number of ether oxygens (including phenoxy) is 1. The summed E-state index contributed by atoms with van der Waals surface area (Å²) in [4.78, 5) is 21.8. The number of halogens is 2. The predicted octanol–water partition coefficient (Wildman–Crippen LogP) is 3.59. The van der Waals surface area contributed by atoms with Gasteiger partial charge in [-0.3, -0.25) is 10.1 Å². The van der Waals surface area contributed by atoms with E-state index in [0.29, 0.717) is 10.2 Å². The van der Waals surface area contributed by atoms with Crippen LogP contribution < -0.4 is 0 Å². The van der Waals surface area contributed by atoms with Gasteiger partial charge in [-0.2, -0.15) is 0 Å². The molecule has 20 heavy (non-hydrogen) atoms. The molecule has 0 spiro atoms. The van der Waals surface area contributed by atoms with Gasteiger partial charge in [-0.15, -0.1) is 0 Å². The Bertz CT molecular complexity index is 699. The van der Waals surface area contributed by atoms with Crippen LogP contribution in [0.5, 0.6) is 0 Å². The van der Waals surface area contributed by atoms with E-state index in [2.05, 4.69) is 20.7 Å². The van der Waals surface area contributed by atoms with Crippen LogP contribution in [0.1, 0.15) is 10.5 Å². The van der Waals surface area contributed by atoms with Crippen LogP contribution in [0.4, 0.5) is 5.69 Å². The van der Waals surface area contributed by atoms with Crippen molar-refractivity contribution < 1.29 is 14.5 Å². The van der Waals surface area contributed by atoms with E-state index in [-0.39, 0.29) is 16.4 Å². The lowest BCUT2D eigenvalue weighted by Gasteiger charge is -2.09. The summed E-state index contributed by atoms with van der Waals surface area (Å²) in [6.07, 6.45) is 1.62. The first-order valence-corrected chi connectivity index (χ1v) is 6.51. The summed E-state index contributed by atoms with van der Waals surface area (Å²) in [6, 6.07) is 5.59. The van der Waals surface area contributed by atoms with Crippen molar-refractivity contribution in [3.8, 4) is 5.69 Å². The molecule has 1 heterocycles. The normalized spacial score (nSPS) is 10.3. The van der Waals surface area contributed by atoms with Gasteiger partial charge in [0.05, 0.1) is 22.7 Å². The smallest absolute Gasteiger partial charge is 0.355 e. The van der Waals surface area contributed by atoms with Crippen molar-refractivity contribution >= 4 is 39.2 Å². The second-order valence-electron chi connectivity index (χ2n) is 3.80. The van der Waals surface area contributed by atoms with Crippen LogP contribution in [0.25, 0.3) is 5.69 Å². The number of hydrogen-bond donors (Lipinski definition) is 0. The van der Waals surface area contributed by atoms with E-state index >= 15 is 0 Å². The molecule has 0 amide bonds. The van der Waals surface area contributed by atoms with Crippen molar-refractivity contribution in [2.75, 3.05) is 7.11 Å². The minimum Gasteiger partial charge on any atom is -0.464 e. The molecule has 0 aliphatic carbocycles. The number of hydrogen-bond acceptors (Lipinski definition) is 4. The molecule has 0 atom stereocenters. The Labute approximate surface area is 127 Å². The average molecular weight is 360 g/mol. The summed E-state index contributed by atoms with van der Waals surface area (Å²) in [5.41, 5.74) is 0.586. The zero-order valence-corrected chi connectivity index (χ0v) is 12.5. The highest BCUT2D eigenvalue weighted by Crippen LogP contribution is 2.29. The standard InChI is InChI=1S/C12H8BrClN2O4/c1-20-12(17)11-4-7(13)6-15(11)10-3-2-8(16(18)19)5-9(10)14/h2-6H,1H3. The van der Waals surface area contributed by atoms with Gasteiger partial charge in [0.15, 0.2) is 0 Å². The molecule has 0 bridgehead atoms. The molecule has 0 N–H and O–H groups in total. The molecule has 0 aliphatic heterocycles. The maximum Gasteiger partial charge on any atom is 0.355 e. The van der Waals surface area contributed by atoms with Crippen LogP contribution in [0, 0.1) is 10.1 Å². The first-order valence-electron chi connectivity index (χ1n) is 5.34. The van der Waals surface area contributed by atoms with E-state index in [1.165, 1.54) is 29.9 Å². The van der Waals surface area contributed by atoms with E-state index in [4.69, 9.17) is 11.6 Å². The molecular weight excluding hydrogens is 351 g/mol. The van der Waals surface area contributed by atoms with E-state index in [1.54, 1.807) is 12.3 Å². The molecule has 0 unspecified atom stereocenters. The average Bonchev–Trinajstić information content (AvgIpc) is 2.79. The number of carbonyl (C=O) groups is 1. The maximum absolute atomic E-state index is 11.7. The molecule has 1 aromatic carbocycles. The van der Waals surface area contributed by atoms with Crippen molar-refractivity contribution in [2.45, 2.75) is 0 Å². The molecule has 0 saturated carbocycles. The van der Waals surface area contributed by atoms with Gasteiger partial charge in [-0.25, -0.2) is 4.79 Å². The number of nitrogens with zero attached hydrogens (tertiary/aromatic N) is 2. The van der Waals surface area contributed by atoms with Crippen molar-refractivity contribution in [2.24, 2.45) is 0 Å². The summed E-state index contributed by atoms with van der Waals surface area (Å²) in [5.74, 6) is -0.537. The van der Waals surface area contributed by atoms with Gasteiger partial charge >= 0.3 is 5.97 Å². The quantitative estimate of drug-likeness (QED) is 0.477. The van der Waals surface area contributed by atoms with Crippen molar-refractivity contribution in [3.63, 3.8) is 0 Å². The number of benzene rings is 1. The zero-order chi connectivity index (χ0) is 14.9. The summed E-state index contributed by atoms with van der Waals surface area (Å²) in [7, 11) is 1.27. The van der Waals surface area contributed by atoms with Gasteiger partial charge < -0.3 is 9.30 Å². The van der Waals surface area contributed by atoms with Gasteiger partial charge in [-0.1, -0.05) is 11.6 Å². The first kappa shape index (κ1) is 14.5. The predicted molar refractivity (Wildman–Crippen MR) is 76.5 cm³/mol. The number of nitro groups is 1. The monoisotopic (exact) mass is 358 g/mol. The lowest BCUT2D eigenvalue weighted by atomic mass is 10.2. The second kappa shape index (κ2) is 5.64. The maximum atomic E-state index is 11.7. The van der Waals surface area contributed by atoms with Crippen LogP contribution in [0.2, 0.25) is 5.02 Å². The molecule has 1 aromatic heterocycles. The fourth-order valence-corrected chi connectivity index (χ4v) is 2.38. The number of non-ortho nitro benzene ring substituents is 1. The Morgan fingerprint density at radius 2 is 2.15 bits per heavy atom. The van der Waals surface area contributed by atoms with Gasteiger partial charge in [0.1, 0.15) is 5.69 Å².